The Bertz CT molecular complexity index is 791. The molecule has 1 aromatic heterocycles. The Morgan fingerprint density at radius 3 is 2.77 bits per heavy atom. The van der Waals surface area contributed by atoms with Crippen molar-refractivity contribution in [3.8, 4) is 0 Å². The van der Waals surface area contributed by atoms with Crippen LogP contribution in [0, 0.1) is 0 Å². The van der Waals surface area contributed by atoms with Gasteiger partial charge < -0.3 is 10.6 Å². The molecule has 4 nitrogen and oxygen atoms in total. The molecule has 1 aliphatic heterocycles. The minimum atomic E-state index is -4.49. The van der Waals surface area contributed by atoms with Gasteiger partial charge in [-0.2, -0.15) is 13.2 Å². The molecule has 2 heterocycles. The van der Waals surface area contributed by atoms with Crippen LogP contribution in [-0.2, 0) is 17.4 Å². The minimum Gasteiger partial charge on any atom is -0.367 e. The van der Waals surface area contributed by atoms with Crippen molar-refractivity contribution in [3.63, 3.8) is 0 Å². The van der Waals surface area contributed by atoms with Gasteiger partial charge in [0.25, 0.3) is 0 Å². The number of nitrogens with one attached hydrogen (secondary N) is 2. The summed E-state index contributed by atoms with van der Waals surface area (Å²) in [5, 5.41) is 5.35. The summed E-state index contributed by atoms with van der Waals surface area (Å²) >= 11 is 7.35. The number of benzene rings is 1. The molecule has 0 spiro atoms. The number of rotatable bonds is 5. The van der Waals surface area contributed by atoms with Gasteiger partial charge in [-0.05, 0) is 24.1 Å². The van der Waals surface area contributed by atoms with E-state index in [1.54, 1.807) is 0 Å². The van der Waals surface area contributed by atoms with Crippen LogP contribution in [0.5, 0.6) is 0 Å². The number of pyridine rings is 1. The first-order valence-electron chi connectivity index (χ1n) is 7.83. The summed E-state index contributed by atoms with van der Waals surface area (Å²) in [4.78, 5) is 17.0. The van der Waals surface area contributed by atoms with Crippen molar-refractivity contribution in [3.05, 3.63) is 52.7 Å². The van der Waals surface area contributed by atoms with Crippen molar-refractivity contribution in [2.45, 2.75) is 22.7 Å². The van der Waals surface area contributed by atoms with Gasteiger partial charge in [-0.1, -0.05) is 29.8 Å². The van der Waals surface area contributed by atoms with Gasteiger partial charge in [0, 0.05) is 24.2 Å². The van der Waals surface area contributed by atoms with Gasteiger partial charge in [0.05, 0.1) is 15.8 Å². The third-order valence-corrected chi connectivity index (χ3v) is 5.43. The van der Waals surface area contributed by atoms with Crippen molar-refractivity contribution >= 4 is 35.1 Å². The lowest BCUT2D eigenvalue weighted by Crippen LogP contribution is -2.35. The summed E-state index contributed by atoms with van der Waals surface area (Å²) in [7, 11) is 0. The Kier molecular flexibility index (Phi) is 5.62. The second-order valence-electron chi connectivity index (χ2n) is 5.69. The number of carbonyl (C=O) groups excluding carboxylic acids is 1. The summed E-state index contributed by atoms with van der Waals surface area (Å²) < 4.78 is 37.7. The molecule has 1 aromatic carbocycles. The fourth-order valence-corrected chi connectivity index (χ4v) is 3.98. The molecule has 1 aliphatic rings. The highest BCUT2D eigenvalue weighted by atomic mass is 35.5. The van der Waals surface area contributed by atoms with E-state index in [0.717, 1.165) is 22.7 Å². The number of thioether (sulfide) groups is 1. The molecule has 2 aromatic rings. The second-order valence-corrected chi connectivity index (χ2v) is 7.34. The minimum absolute atomic E-state index is 0.0699. The van der Waals surface area contributed by atoms with E-state index in [2.05, 4.69) is 15.6 Å². The van der Waals surface area contributed by atoms with Crippen LogP contribution in [-0.4, -0.2) is 29.2 Å². The summed E-state index contributed by atoms with van der Waals surface area (Å²) in [5.41, 5.74) is 0.260. The average Bonchev–Trinajstić information content (AvgIpc) is 3.03. The van der Waals surface area contributed by atoms with Gasteiger partial charge in [-0.15, -0.1) is 11.8 Å². The number of alkyl halides is 3. The largest absolute Gasteiger partial charge is 0.417 e. The molecule has 0 aliphatic carbocycles. The van der Waals surface area contributed by atoms with E-state index in [4.69, 9.17) is 11.6 Å². The lowest BCUT2D eigenvalue weighted by molar-refractivity contribution is -0.137. The molecule has 0 saturated heterocycles. The summed E-state index contributed by atoms with van der Waals surface area (Å²) in [6.45, 7) is 0.611. The molecule has 26 heavy (non-hydrogen) atoms. The van der Waals surface area contributed by atoms with Gasteiger partial charge >= 0.3 is 6.18 Å². The van der Waals surface area contributed by atoms with Crippen LogP contribution in [0.3, 0.4) is 0 Å². The Morgan fingerprint density at radius 1 is 1.31 bits per heavy atom. The first kappa shape index (κ1) is 18.8. The highest BCUT2D eigenvalue weighted by Crippen LogP contribution is 2.36. The number of anilines is 1. The molecule has 0 unspecified atom stereocenters. The van der Waals surface area contributed by atoms with E-state index in [-0.39, 0.29) is 22.0 Å². The first-order chi connectivity index (χ1) is 12.3. The lowest BCUT2D eigenvalue weighted by atomic mass is 10.1. The van der Waals surface area contributed by atoms with E-state index in [1.165, 1.54) is 11.8 Å². The molecule has 138 valence electrons. The standard InChI is InChI=1S/C17H15ClF3N3OS/c18-12-8-11(17(19,20)21)9-24-15(12)22-5-6-23-16(25)14-7-10-3-1-2-4-13(10)26-14/h1-4,8-9,14H,5-7H2,(H,22,24)(H,23,25)/t14-/m1/s1. The van der Waals surface area contributed by atoms with Crippen molar-refractivity contribution < 1.29 is 18.0 Å². The maximum Gasteiger partial charge on any atom is 0.417 e. The smallest absolute Gasteiger partial charge is 0.367 e. The Labute approximate surface area is 157 Å². The summed E-state index contributed by atoms with van der Waals surface area (Å²) in [6, 6.07) is 8.71. The monoisotopic (exact) mass is 401 g/mol. The third kappa shape index (κ3) is 4.42. The molecule has 1 atom stereocenters. The Balaban J connectivity index is 1.45. The number of amides is 1. The van der Waals surface area contributed by atoms with Gasteiger partial charge in [0.2, 0.25) is 5.91 Å². The zero-order valence-electron chi connectivity index (χ0n) is 13.4. The molecular formula is C17H15ClF3N3OS. The Morgan fingerprint density at radius 2 is 2.08 bits per heavy atom. The quantitative estimate of drug-likeness (QED) is 0.744. The fraction of sp³-hybridized carbons (Fsp3) is 0.294. The molecule has 9 heteroatoms. The number of hydrogen-bond donors (Lipinski definition) is 2. The van der Waals surface area contributed by atoms with Crippen LogP contribution >= 0.6 is 23.4 Å². The van der Waals surface area contributed by atoms with Crippen molar-refractivity contribution in [1.29, 1.82) is 0 Å². The molecule has 2 N–H and O–H groups in total. The van der Waals surface area contributed by atoms with Gasteiger partial charge in [0.1, 0.15) is 5.82 Å². The number of aromatic nitrogens is 1. The Hall–Kier alpha value is -1.93. The van der Waals surface area contributed by atoms with E-state index in [0.29, 0.717) is 19.5 Å². The molecular weight excluding hydrogens is 387 g/mol. The molecule has 0 saturated carbocycles. The highest BCUT2D eigenvalue weighted by Gasteiger charge is 2.31. The molecule has 3 rings (SSSR count). The van der Waals surface area contributed by atoms with E-state index in [1.807, 2.05) is 24.3 Å². The van der Waals surface area contributed by atoms with Crippen molar-refractivity contribution in [1.82, 2.24) is 10.3 Å². The van der Waals surface area contributed by atoms with Crippen LogP contribution in [0.1, 0.15) is 11.1 Å². The SMILES string of the molecule is O=C(NCCNc1ncc(C(F)(F)F)cc1Cl)[C@H]1Cc2ccccc2S1. The number of carbonyl (C=O) groups is 1. The van der Waals surface area contributed by atoms with Gasteiger partial charge in [-0.25, -0.2) is 4.98 Å². The van der Waals surface area contributed by atoms with Crippen LogP contribution in [0.25, 0.3) is 0 Å². The van der Waals surface area contributed by atoms with Crippen molar-refractivity contribution in [2.75, 3.05) is 18.4 Å². The zero-order valence-corrected chi connectivity index (χ0v) is 15.0. The first-order valence-corrected chi connectivity index (χ1v) is 9.09. The maximum atomic E-state index is 12.6. The zero-order chi connectivity index (χ0) is 18.7. The van der Waals surface area contributed by atoms with Crippen LogP contribution in [0.15, 0.2) is 41.4 Å². The third-order valence-electron chi connectivity index (χ3n) is 3.82. The molecule has 1 amide bonds. The highest BCUT2D eigenvalue weighted by molar-refractivity contribution is 8.01. The predicted octanol–water partition coefficient (Wildman–Crippen LogP) is 4.00. The average molecular weight is 402 g/mol. The fourth-order valence-electron chi connectivity index (χ4n) is 2.53. The number of nitrogens with zero attached hydrogens (tertiary/aromatic N) is 1. The summed E-state index contributed by atoms with van der Waals surface area (Å²) in [6.07, 6.45) is -3.08. The van der Waals surface area contributed by atoms with Crippen LogP contribution < -0.4 is 10.6 Å². The number of halogens is 4. The van der Waals surface area contributed by atoms with Gasteiger partial charge in [0.15, 0.2) is 0 Å². The van der Waals surface area contributed by atoms with Crippen molar-refractivity contribution in [2.24, 2.45) is 0 Å². The predicted molar refractivity (Wildman–Crippen MR) is 95.5 cm³/mol. The second kappa shape index (κ2) is 7.75. The van der Waals surface area contributed by atoms with E-state index in [9.17, 15) is 18.0 Å². The molecule has 0 bridgehead atoms. The van der Waals surface area contributed by atoms with E-state index >= 15 is 0 Å². The van der Waals surface area contributed by atoms with Crippen LogP contribution in [0.4, 0.5) is 19.0 Å². The summed E-state index contributed by atoms with van der Waals surface area (Å²) in [5.74, 6) is 0.0797. The number of hydrogen-bond acceptors (Lipinski definition) is 4. The lowest BCUT2D eigenvalue weighted by Gasteiger charge is -2.12. The van der Waals surface area contributed by atoms with E-state index < -0.39 is 11.7 Å². The normalized spacial score (nSPS) is 16.2. The molecule has 0 radical (unpaired) electrons. The van der Waals surface area contributed by atoms with Gasteiger partial charge in [-0.3, -0.25) is 4.79 Å². The maximum absolute atomic E-state index is 12.6. The van der Waals surface area contributed by atoms with Crippen LogP contribution in [0.2, 0.25) is 5.02 Å². The molecule has 0 fully saturated rings. The topological polar surface area (TPSA) is 54.0 Å². The number of fused-ring (bicyclic) bond motifs is 1.